The monoisotopic (exact) mass is 262 g/mol. The van der Waals surface area contributed by atoms with Gasteiger partial charge in [0.25, 0.3) is 0 Å². The molecule has 0 aromatic heterocycles. The van der Waals surface area contributed by atoms with E-state index in [0.717, 1.165) is 23.4 Å². The lowest BCUT2D eigenvalue weighted by Gasteiger charge is -2.07. The van der Waals surface area contributed by atoms with Crippen LogP contribution in [0.4, 0.5) is 0 Å². The number of rotatable bonds is 2. The Labute approximate surface area is 117 Å². The van der Waals surface area contributed by atoms with Crippen LogP contribution in [0, 0.1) is 11.3 Å². The fourth-order valence-electron chi connectivity index (χ4n) is 2.14. The molecule has 1 heterocycles. The van der Waals surface area contributed by atoms with Gasteiger partial charge >= 0.3 is 0 Å². The fourth-order valence-corrected chi connectivity index (χ4v) is 2.14. The number of hydrogen-bond donors (Lipinski definition) is 2. The number of nitriles is 1. The van der Waals surface area contributed by atoms with E-state index in [9.17, 15) is 0 Å². The first-order valence-corrected chi connectivity index (χ1v) is 6.49. The Balaban J connectivity index is 1.80. The van der Waals surface area contributed by atoms with Gasteiger partial charge in [-0.1, -0.05) is 42.5 Å². The summed E-state index contributed by atoms with van der Waals surface area (Å²) in [6, 6.07) is 9.57. The van der Waals surface area contributed by atoms with Gasteiger partial charge in [-0.25, -0.2) is 10.4 Å². The van der Waals surface area contributed by atoms with Crippen LogP contribution in [0.1, 0.15) is 23.7 Å². The third-order valence-electron chi connectivity index (χ3n) is 3.24. The van der Waals surface area contributed by atoms with Crippen LogP contribution >= 0.6 is 0 Å². The zero-order valence-corrected chi connectivity index (χ0v) is 10.9. The second-order valence-electron chi connectivity index (χ2n) is 4.59. The predicted molar refractivity (Wildman–Crippen MR) is 78.6 cm³/mol. The molecule has 0 amide bonds. The van der Waals surface area contributed by atoms with Crippen LogP contribution < -0.4 is 10.9 Å². The summed E-state index contributed by atoms with van der Waals surface area (Å²) >= 11 is 0. The first kappa shape index (κ1) is 12.4. The molecule has 0 radical (unpaired) electrons. The van der Waals surface area contributed by atoms with Gasteiger partial charge in [0.15, 0.2) is 0 Å². The Morgan fingerprint density at radius 3 is 2.80 bits per heavy atom. The maximum absolute atomic E-state index is 8.81. The molecule has 1 unspecified atom stereocenters. The van der Waals surface area contributed by atoms with E-state index in [0.29, 0.717) is 5.56 Å². The summed E-state index contributed by atoms with van der Waals surface area (Å²) in [5, 5.41) is 8.81. The number of hydrazine groups is 1. The lowest BCUT2D eigenvalue weighted by molar-refractivity contribution is 0.575. The Hall–Kier alpha value is -2.64. The van der Waals surface area contributed by atoms with Crippen molar-refractivity contribution in [3.63, 3.8) is 0 Å². The molecule has 20 heavy (non-hydrogen) atoms. The van der Waals surface area contributed by atoms with Crippen molar-refractivity contribution in [1.29, 1.82) is 5.26 Å². The molecule has 4 nitrogen and oxygen atoms in total. The molecule has 1 aromatic rings. The quantitative estimate of drug-likeness (QED) is 0.861. The molecule has 1 aliphatic heterocycles. The van der Waals surface area contributed by atoms with Crippen molar-refractivity contribution < 1.29 is 0 Å². The number of hydrogen-bond acceptors (Lipinski definition) is 4. The summed E-state index contributed by atoms with van der Waals surface area (Å²) in [7, 11) is 0. The SMILES string of the molecule is N#Cc1ccc(C2N=C(C3=CC=CC=CC3)NN2)cc1. The lowest BCUT2D eigenvalue weighted by atomic mass is 10.1. The smallest absolute Gasteiger partial charge is 0.144 e. The molecule has 0 saturated carbocycles. The van der Waals surface area contributed by atoms with E-state index in [-0.39, 0.29) is 6.17 Å². The van der Waals surface area contributed by atoms with Crippen LogP contribution in [-0.2, 0) is 0 Å². The zero-order chi connectivity index (χ0) is 13.8. The Morgan fingerprint density at radius 1 is 1.15 bits per heavy atom. The maximum Gasteiger partial charge on any atom is 0.144 e. The van der Waals surface area contributed by atoms with Crippen LogP contribution in [0.15, 0.2) is 65.2 Å². The molecule has 2 N–H and O–H groups in total. The summed E-state index contributed by atoms with van der Waals surface area (Å²) in [5.41, 5.74) is 9.13. The molecule has 2 aliphatic rings. The number of nitrogens with zero attached hydrogens (tertiary/aromatic N) is 2. The summed E-state index contributed by atoms with van der Waals surface area (Å²) < 4.78 is 0. The van der Waals surface area contributed by atoms with E-state index in [2.05, 4.69) is 34.1 Å². The largest absolute Gasteiger partial charge is 0.304 e. The molecule has 1 atom stereocenters. The number of amidine groups is 1. The number of nitrogens with one attached hydrogen (secondary N) is 2. The van der Waals surface area contributed by atoms with Crippen molar-refractivity contribution in [3.05, 3.63) is 71.3 Å². The average molecular weight is 262 g/mol. The molecule has 0 spiro atoms. The second kappa shape index (κ2) is 5.55. The molecule has 0 fully saturated rings. The number of aliphatic imine (C=N–C) groups is 1. The summed E-state index contributed by atoms with van der Waals surface area (Å²) in [6.45, 7) is 0. The lowest BCUT2D eigenvalue weighted by Crippen LogP contribution is -2.32. The third kappa shape index (κ3) is 2.53. The molecular weight excluding hydrogens is 248 g/mol. The molecule has 0 bridgehead atoms. The normalized spacial score (nSPS) is 20.6. The number of benzene rings is 1. The van der Waals surface area contributed by atoms with Gasteiger partial charge in [-0.2, -0.15) is 5.26 Å². The highest BCUT2D eigenvalue weighted by Crippen LogP contribution is 2.20. The first-order chi connectivity index (χ1) is 9.86. The van der Waals surface area contributed by atoms with Gasteiger partial charge in [0.05, 0.1) is 11.6 Å². The highest BCUT2D eigenvalue weighted by molar-refractivity contribution is 5.99. The van der Waals surface area contributed by atoms with E-state index in [1.165, 1.54) is 0 Å². The van der Waals surface area contributed by atoms with Gasteiger partial charge in [0.2, 0.25) is 0 Å². The van der Waals surface area contributed by atoms with Crippen molar-refractivity contribution in [2.75, 3.05) is 0 Å². The zero-order valence-electron chi connectivity index (χ0n) is 10.9. The summed E-state index contributed by atoms with van der Waals surface area (Å²) in [6.07, 6.45) is 11.0. The molecule has 1 aromatic carbocycles. The molecule has 3 rings (SSSR count). The van der Waals surface area contributed by atoms with E-state index < -0.39 is 0 Å². The fraction of sp³-hybridized carbons (Fsp3) is 0.125. The van der Waals surface area contributed by atoms with Gasteiger partial charge in [-0.3, -0.25) is 0 Å². The topological polar surface area (TPSA) is 60.2 Å². The molecule has 98 valence electrons. The third-order valence-corrected chi connectivity index (χ3v) is 3.24. The van der Waals surface area contributed by atoms with Crippen molar-refractivity contribution in [3.8, 4) is 6.07 Å². The van der Waals surface area contributed by atoms with Crippen molar-refractivity contribution in [1.82, 2.24) is 10.9 Å². The van der Waals surface area contributed by atoms with E-state index in [4.69, 9.17) is 5.26 Å². The molecule has 1 aliphatic carbocycles. The highest BCUT2D eigenvalue weighted by Gasteiger charge is 2.19. The van der Waals surface area contributed by atoms with E-state index in [1.807, 2.05) is 30.4 Å². The minimum atomic E-state index is -0.116. The molecular formula is C16H14N4. The Kier molecular flexibility index (Phi) is 3.44. The summed E-state index contributed by atoms with van der Waals surface area (Å²) in [5.74, 6) is 0.871. The minimum Gasteiger partial charge on any atom is -0.304 e. The van der Waals surface area contributed by atoms with Gasteiger partial charge in [0, 0.05) is 0 Å². The van der Waals surface area contributed by atoms with E-state index in [1.54, 1.807) is 12.1 Å². The van der Waals surface area contributed by atoms with Crippen LogP contribution in [0.2, 0.25) is 0 Å². The Bertz CT molecular complexity index is 657. The van der Waals surface area contributed by atoms with Crippen molar-refractivity contribution in [2.24, 2.45) is 4.99 Å². The summed E-state index contributed by atoms with van der Waals surface area (Å²) in [4.78, 5) is 4.65. The van der Waals surface area contributed by atoms with Gasteiger partial charge < -0.3 is 5.43 Å². The standard InChI is InChI=1S/C16H14N4/c17-11-12-7-9-14(10-8-12)16-18-15(19-20-16)13-5-3-1-2-4-6-13/h1-5,7-10,16,20H,6H2,(H,18,19). The predicted octanol–water partition coefficient (Wildman–Crippen LogP) is 2.51. The van der Waals surface area contributed by atoms with Crippen molar-refractivity contribution in [2.45, 2.75) is 12.6 Å². The van der Waals surface area contributed by atoms with Gasteiger partial charge in [-0.05, 0) is 29.7 Å². The number of allylic oxidation sites excluding steroid dienone is 5. The first-order valence-electron chi connectivity index (χ1n) is 6.49. The van der Waals surface area contributed by atoms with E-state index >= 15 is 0 Å². The van der Waals surface area contributed by atoms with Crippen molar-refractivity contribution >= 4 is 5.84 Å². The van der Waals surface area contributed by atoms with Gasteiger partial charge in [0.1, 0.15) is 12.0 Å². The van der Waals surface area contributed by atoms with Crippen LogP contribution in [-0.4, -0.2) is 5.84 Å². The molecule has 4 heteroatoms. The highest BCUT2D eigenvalue weighted by atomic mass is 15.5. The minimum absolute atomic E-state index is 0.116. The maximum atomic E-state index is 8.81. The Morgan fingerprint density at radius 2 is 2.00 bits per heavy atom. The van der Waals surface area contributed by atoms with Crippen LogP contribution in [0.25, 0.3) is 0 Å². The van der Waals surface area contributed by atoms with Crippen LogP contribution in [0.5, 0.6) is 0 Å². The van der Waals surface area contributed by atoms with Gasteiger partial charge in [-0.15, -0.1) is 0 Å². The second-order valence-corrected chi connectivity index (χ2v) is 4.59. The average Bonchev–Trinajstić information content (AvgIpc) is 2.83. The molecule has 0 saturated heterocycles. The van der Waals surface area contributed by atoms with Crippen LogP contribution in [0.3, 0.4) is 0 Å².